The zero-order valence-corrected chi connectivity index (χ0v) is 14.6. The minimum atomic E-state index is -0.182. The molecule has 0 saturated carbocycles. The minimum Gasteiger partial charge on any atom is -0.367 e. The zero-order valence-electron chi connectivity index (χ0n) is 14.6. The van der Waals surface area contributed by atoms with Gasteiger partial charge in [-0.05, 0) is 38.1 Å². The van der Waals surface area contributed by atoms with Gasteiger partial charge in [-0.1, -0.05) is 12.1 Å². The summed E-state index contributed by atoms with van der Waals surface area (Å²) in [5.41, 5.74) is 2.05. The van der Waals surface area contributed by atoms with Crippen molar-refractivity contribution in [1.82, 2.24) is 10.3 Å². The van der Waals surface area contributed by atoms with Crippen LogP contribution in [-0.2, 0) is 0 Å². The number of rotatable bonds is 4. The standard InChI is InChI=1S/C19H23FN4O/c1-14(2)22-19(25)17-8-7-15(13-21-17)23-9-11-24(12-10-23)18-6-4-3-5-16(18)20/h3-8,13-14H,9-12H2,1-2H3,(H,22,25). The molecule has 0 aliphatic carbocycles. The number of pyridine rings is 1. The number of hydrogen-bond donors (Lipinski definition) is 1. The van der Waals surface area contributed by atoms with Gasteiger partial charge in [0.05, 0.1) is 17.6 Å². The second-order valence-corrected chi connectivity index (χ2v) is 6.46. The van der Waals surface area contributed by atoms with E-state index in [1.54, 1.807) is 18.3 Å². The van der Waals surface area contributed by atoms with E-state index in [1.807, 2.05) is 32.0 Å². The van der Waals surface area contributed by atoms with Crippen molar-refractivity contribution in [3.8, 4) is 0 Å². The van der Waals surface area contributed by atoms with Crippen molar-refractivity contribution in [2.24, 2.45) is 0 Å². The van der Waals surface area contributed by atoms with Crippen molar-refractivity contribution >= 4 is 17.3 Å². The average molecular weight is 342 g/mol. The summed E-state index contributed by atoms with van der Waals surface area (Å²) in [5.74, 6) is -0.343. The first kappa shape index (κ1) is 17.2. The third-order valence-electron chi connectivity index (χ3n) is 4.24. The number of anilines is 2. The van der Waals surface area contributed by atoms with Crippen molar-refractivity contribution < 1.29 is 9.18 Å². The summed E-state index contributed by atoms with van der Waals surface area (Å²) in [4.78, 5) is 20.5. The third kappa shape index (κ3) is 4.07. The molecule has 2 heterocycles. The molecular formula is C19H23FN4O. The number of hydrogen-bond acceptors (Lipinski definition) is 4. The molecule has 1 aromatic carbocycles. The molecule has 5 nitrogen and oxygen atoms in total. The molecule has 0 spiro atoms. The molecule has 0 atom stereocenters. The van der Waals surface area contributed by atoms with E-state index in [4.69, 9.17) is 0 Å². The van der Waals surface area contributed by atoms with Gasteiger partial charge >= 0.3 is 0 Å². The van der Waals surface area contributed by atoms with Crippen LogP contribution in [-0.4, -0.2) is 43.1 Å². The van der Waals surface area contributed by atoms with E-state index in [0.717, 1.165) is 31.9 Å². The van der Waals surface area contributed by atoms with E-state index in [2.05, 4.69) is 20.1 Å². The number of carbonyl (C=O) groups is 1. The van der Waals surface area contributed by atoms with E-state index in [0.29, 0.717) is 11.4 Å². The molecule has 1 aliphatic heterocycles. The second kappa shape index (κ2) is 7.51. The predicted octanol–water partition coefficient (Wildman–Crippen LogP) is 2.69. The number of nitrogens with one attached hydrogen (secondary N) is 1. The summed E-state index contributed by atoms with van der Waals surface area (Å²) in [6.45, 7) is 6.90. The fraction of sp³-hybridized carbons (Fsp3) is 0.368. The van der Waals surface area contributed by atoms with Crippen molar-refractivity contribution in [1.29, 1.82) is 0 Å². The molecule has 1 N–H and O–H groups in total. The Balaban J connectivity index is 1.61. The molecule has 2 aromatic rings. The highest BCUT2D eigenvalue weighted by molar-refractivity contribution is 5.92. The van der Waals surface area contributed by atoms with Crippen molar-refractivity contribution in [2.45, 2.75) is 19.9 Å². The van der Waals surface area contributed by atoms with Crippen molar-refractivity contribution in [3.05, 3.63) is 54.1 Å². The van der Waals surface area contributed by atoms with Gasteiger partial charge in [0.2, 0.25) is 0 Å². The first-order chi connectivity index (χ1) is 12.0. The summed E-state index contributed by atoms with van der Waals surface area (Å²) in [5, 5.41) is 2.83. The van der Waals surface area contributed by atoms with Crippen LogP contribution in [0.5, 0.6) is 0 Å². The lowest BCUT2D eigenvalue weighted by Crippen LogP contribution is -2.46. The van der Waals surface area contributed by atoms with Crippen LogP contribution in [0.4, 0.5) is 15.8 Å². The molecule has 1 amide bonds. The lowest BCUT2D eigenvalue weighted by atomic mass is 10.2. The molecule has 0 unspecified atom stereocenters. The van der Waals surface area contributed by atoms with Crippen LogP contribution in [0.2, 0.25) is 0 Å². The molecule has 3 rings (SSSR count). The zero-order chi connectivity index (χ0) is 17.8. The van der Waals surface area contributed by atoms with Gasteiger partial charge in [0.15, 0.2) is 0 Å². The Morgan fingerprint density at radius 1 is 1.08 bits per heavy atom. The van der Waals surface area contributed by atoms with Crippen molar-refractivity contribution in [2.75, 3.05) is 36.0 Å². The van der Waals surface area contributed by atoms with Gasteiger partial charge in [0.1, 0.15) is 11.5 Å². The van der Waals surface area contributed by atoms with Crippen LogP contribution in [0.1, 0.15) is 24.3 Å². The molecular weight excluding hydrogens is 319 g/mol. The largest absolute Gasteiger partial charge is 0.367 e. The molecule has 6 heteroatoms. The Hall–Kier alpha value is -2.63. The SMILES string of the molecule is CC(C)NC(=O)c1ccc(N2CCN(c3ccccc3F)CC2)cn1. The van der Waals surface area contributed by atoms with Gasteiger partial charge in [-0.3, -0.25) is 4.79 Å². The number of aromatic nitrogens is 1. The van der Waals surface area contributed by atoms with Crippen LogP contribution < -0.4 is 15.1 Å². The Morgan fingerprint density at radius 2 is 1.76 bits per heavy atom. The fourth-order valence-electron chi connectivity index (χ4n) is 2.96. The smallest absolute Gasteiger partial charge is 0.270 e. The quantitative estimate of drug-likeness (QED) is 0.928. The molecule has 0 radical (unpaired) electrons. The summed E-state index contributed by atoms with van der Waals surface area (Å²) >= 11 is 0. The number of benzene rings is 1. The van der Waals surface area contributed by atoms with Gasteiger partial charge in [-0.15, -0.1) is 0 Å². The summed E-state index contributed by atoms with van der Waals surface area (Å²) < 4.78 is 13.9. The molecule has 1 fully saturated rings. The summed E-state index contributed by atoms with van der Waals surface area (Å²) in [6.07, 6.45) is 1.73. The van der Waals surface area contributed by atoms with Gasteiger partial charge in [-0.25, -0.2) is 9.37 Å². The minimum absolute atomic E-state index is 0.0837. The highest BCUT2D eigenvalue weighted by atomic mass is 19.1. The van der Waals surface area contributed by atoms with E-state index in [1.165, 1.54) is 6.07 Å². The Kier molecular flexibility index (Phi) is 5.16. The molecule has 132 valence electrons. The topological polar surface area (TPSA) is 48.5 Å². The Bertz CT molecular complexity index is 724. The number of para-hydroxylation sites is 1. The number of halogens is 1. The fourth-order valence-corrected chi connectivity index (χ4v) is 2.96. The lowest BCUT2D eigenvalue weighted by Gasteiger charge is -2.37. The van der Waals surface area contributed by atoms with Gasteiger partial charge < -0.3 is 15.1 Å². The van der Waals surface area contributed by atoms with E-state index < -0.39 is 0 Å². The van der Waals surface area contributed by atoms with Crippen LogP contribution in [0, 0.1) is 5.82 Å². The number of nitrogens with zero attached hydrogens (tertiary/aromatic N) is 3. The van der Waals surface area contributed by atoms with Crippen molar-refractivity contribution in [3.63, 3.8) is 0 Å². The highest BCUT2D eigenvalue weighted by Crippen LogP contribution is 2.22. The van der Waals surface area contributed by atoms with Gasteiger partial charge in [0.25, 0.3) is 5.91 Å². The molecule has 1 aliphatic rings. The highest BCUT2D eigenvalue weighted by Gasteiger charge is 2.20. The maximum absolute atomic E-state index is 13.9. The number of piperazine rings is 1. The normalized spacial score (nSPS) is 14.7. The number of amides is 1. The summed E-state index contributed by atoms with van der Waals surface area (Å²) in [7, 11) is 0. The first-order valence-corrected chi connectivity index (χ1v) is 8.56. The first-order valence-electron chi connectivity index (χ1n) is 8.56. The lowest BCUT2D eigenvalue weighted by molar-refractivity contribution is 0.0938. The molecule has 0 bridgehead atoms. The predicted molar refractivity (Wildman–Crippen MR) is 97.7 cm³/mol. The average Bonchev–Trinajstić information content (AvgIpc) is 2.62. The van der Waals surface area contributed by atoms with Crippen LogP contribution in [0.3, 0.4) is 0 Å². The van der Waals surface area contributed by atoms with Gasteiger partial charge in [0, 0.05) is 32.2 Å². The number of carbonyl (C=O) groups excluding carboxylic acids is 1. The molecule has 1 aromatic heterocycles. The summed E-state index contributed by atoms with van der Waals surface area (Å²) in [6, 6.07) is 10.6. The maximum Gasteiger partial charge on any atom is 0.270 e. The van der Waals surface area contributed by atoms with Crippen LogP contribution in [0.15, 0.2) is 42.6 Å². The second-order valence-electron chi connectivity index (χ2n) is 6.46. The van der Waals surface area contributed by atoms with E-state index in [9.17, 15) is 9.18 Å². The third-order valence-corrected chi connectivity index (χ3v) is 4.24. The van der Waals surface area contributed by atoms with Crippen LogP contribution >= 0.6 is 0 Å². The van der Waals surface area contributed by atoms with E-state index in [-0.39, 0.29) is 17.8 Å². The maximum atomic E-state index is 13.9. The van der Waals surface area contributed by atoms with E-state index >= 15 is 0 Å². The Morgan fingerprint density at radius 3 is 2.36 bits per heavy atom. The Labute approximate surface area is 147 Å². The van der Waals surface area contributed by atoms with Crippen LogP contribution in [0.25, 0.3) is 0 Å². The monoisotopic (exact) mass is 342 g/mol. The molecule has 25 heavy (non-hydrogen) atoms. The molecule has 1 saturated heterocycles. The van der Waals surface area contributed by atoms with Gasteiger partial charge in [-0.2, -0.15) is 0 Å².